The fourth-order valence-corrected chi connectivity index (χ4v) is 4.70. The van der Waals surface area contributed by atoms with Crippen molar-refractivity contribution in [3.8, 4) is 0 Å². The van der Waals surface area contributed by atoms with Crippen LogP contribution in [0.4, 0.5) is 13.2 Å². The van der Waals surface area contributed by atoms with Crippen LogP contribution in [0.25, 0.3) is 5.52 Å². The van der Waals surface area contributed by atoms with Gasteiger partial charge in [-0.15, -0.1) is 0 Å². The fourth-order valence-electron chi connectivity index (χ4n) is 4.70. The molecule has 0 radical (unpaired) electrons. The number of nitrogens with zero attached hydrogens (tertiary/aromatic N) is 2. The minimum atomic E-state index is -1.17. The first-order chi connectivity index (χ1) is 14.0. The van der Waals surface area contributed by atoms with Crippen molar-refractivity contribution in [3.63, 3.8) is 0 Å². The average Bonchev–Trinajstić information content (AvgIpc) is 3.46. The normalized spacial score (nSPS) is 22.2. The van der Waals surface area contributed by atoms with Gasteiger partial charge in [-0.3, -0.25) is 9.20 Å². The molecule has 1 aromatic carbocycles. The van der Waals surface area contributed by atoms with Gasteiger partial charge in [0.1, 0.15) is 5.82 Å². The number of hydrogen-bond acceptors (Lipinski definition) is 2. The summed E-state index contributed by atoms with van der Waals surface area (Å²) in [4.78, 5) is 17.6. The van der Waals surface area contributed by atoms with E-state index in [9.17, 15) is 18.0 Å². The van der Waals surface area contributed by atoms with Gasteiger partial charge >= 0.3 is 0 Å². The predicted molar refractivity (Wildman–Crippen MR) is 103 cm³/mol. The van der Waals surface area contributed by atoms with Crippen molar-refractivity contribution in [3.05, 3.63) is 71.1 Å². The Balaban J connectivity index is 1.39. The van der Waals surface area contributed by atoms with Crippen molar-refractivity contribution < 1.29 is 18.0 Å². The van der Waals surface area contributed by atoms with E-state index in [1.165, 1.54) is 0 Å². The first kappa shape index (κ1) is 18.4. The number of pyridine rings is 1. The van der Waals surface area contributed by atoms with Crippen LogP contribution in [0.15, 0.2) is 36.8 Å². The van der Waals surface area contributed by atoms with Crippen molar-refractivity contribution in [2.75, 3.05) is 0 Å². The van der Waals surface area contributed by atoms with Crippen molar-refractivity contribution in [2.24, 2.45) is 5.92 Å². The number of carbonyl (C=O) groups is 1. The Morgan fingerprint density at radius 3 is 2.24 bits per heavy atom. The van der Waals surface area contributed by atoms with Crippen molar-refractivity contribution >= 4 is 11.3 Å². The van der Waals surface area contributed by atoms with Crippen molar-refractivity contribution in [1.82, 2.24) is 9.38 Å². The number of halogens is 3. The van der Waals surface area contributed by atoms with Crippen LogP contribution in [-0.2, 0) is 0 Å². The number of Topliss-reactive ketones (excluding diaryl/α,β-unsaturated/α-hetero) is 1. The van der Waals surface area contributed by atoms with E-state index in [1.54, 1.807) is 12.5 Å². The standard InChI is InChI=1S/C23H21F3N2O/c24-19-10-21(26)20(25)9-18(19)14-3-5-15(6-4-14)23(29)22-17(13-1-2-13)8-7-16-11-27-12-28(16)22/h7-15H,1-6H2. The third kappa shape index (κ3) is 3.24. The molecule has 0 unspecified atom stereocenters. The van der Waals surface area contributed by atoms with E-state index in [4.69, 9.17) is 0 Å². The molecule has 2 aliphatic rings. The van der Waals surface area contributed by atoms with Gasteiger partial charge < -0.3 is 0 Å². The molecular weight excluding hydrogens is 377 g/mol. The van der Waals surface area contributed by atoms with E-state index in [0.29, 0.717) is 37.7 Å². The van der Waals surface area contributed by atoms with Gasteiger partial charge in [-0.25, -0.2) is 18.2 Å². The number of benzene rings is 1. The molecule has 3 aromatic rings. The van der Waals surface area contributed by atoms with Crippen LogP contribution in [0.5, 0.6) is 0 Å². The lowest BCUT2D eigenvalue weighted by atomic mass is 9.76. The van der Waals surface area contributed by atoms with Crippen LogP contribution in [0.1, 0.15) is 72.0 Å². The average molecular weight is 398 g/mol. The van der Waals surface area contributed by atoms with Gasteiger partial charge in [0.05, 0.1) is 23.7 Å². The van der Waals surface area contributed by atoms with Gasteiger partial charge in [-0.1, -0.05) is 6.07 Å². The highest BCUT2D eigenvalue weighted by atomic mass is 19.2. The highest BCUT2D eigenvalue weighted by Crippen LogP contribution is 2.44. The summed E-state index contributed by atoms with van der Waals surface area (Å²) in [5.74, 6) is -2.70. The molecule has 6 heteroatoms. The van der Waals surface area contributed by atoms with Crippen LogP contribution in [0.3, 0.4) is 0 Å². The molecule has 150 valence electrons. The molecule has 0 amide bonds. The highest BCUT2D eigenvalue weighted by molar-refractivity contribution is 5.98. The lowest BCUT2D eigenvalue weighted by Gasteiger charge is -2.29. The van der Waals surface area contributed by atoms with Gasteiger partial charge in [-0.2, -0.15) is 0 Å². The molecule has 29 heavy (non-hydrogen) atoms. The molecule has 0 aliphatic heterocycles. The molecule has 0 N–H and O–H groups in total. The second-order valence-corrected chi connectivity index (χ2v) is 8.30. The summed E-state index contributed by atoms with van der Waals surface area (Å²) in [6.07, 6.45) is 8.01. The number of fused-ring (bicyclic) bond motifs is 1. The van der Waals surface area contributed by atoms with Crippen molar-refractivity contribution in [1.29, 1.82) is 0 Å². The summed E-state index contributed by atoms with van der Waals surface area (Å²) >= 11 is 0. The summed E-state index contributed by atoms with van der Waals surface area (Å²) in [6, 6.07) is 5.63. The summed E-state index contributed by atoms with van der Waals surface area (Å²) < 4.78 is 42.8. The molecular formula is C23H21F3N2O. The Morgan fingerprint density at radius 2 is 1.52 bits per heavy atom. The molecule has 2 aromatic heterocycles. The van der Waals surface area contributed by atoms with Gasteiger partial charge in [0.25, 0.3) is 0 Å². The van der Waals surface area contributed by atoms with E-state index in [1.807, 2.05) is 16.5 Å². The largest absolute Gasteiger partial charge is 0.296 e. The monoisotopic (exact) mass is 398 g/mol. The molecule has 2 fully saturated rings. The van der Waals surface area contributed by atoms with E-state index >= 15 is 0 Å². The van der Waals surface area contributed by atoms with Crippen LogP contribution in [0, 0.1) is 23.4 Å². The quantitative estimate of drug-likeness (QED) is 0.412. The lowest BCUT2D eigenvalue weighted by molar-refractivity contribution is 0.0875. The van der Waals surface area contributed by atoms with E-state index in [2.05, 4.69) is 4.98 Å². The number of carbonyl (C=O) groups excluding carboxylic acids is 1. The minimum absolute atomic E-state index is 0.111. The summed E-state index contributed by atoms with van der Waals surface area (Å²) in [5.41, 5.74) is 2.93. The molecule has 0 spiro atoms. The zero-order chi connectivity index (χ0) is 20.1. The molecule has 0 atom stereocenters. The van der Waals surface area contributed by atoms with E-state index < -0.39 is 17.5 Å². The molecule has 2 saturated carbocycles. The zero-order valence-corrected chi connectivity index (χ0v) is 15.9. The van der Waals surface area contributed by atoms with E-state index in [0.717, 1.165) is 35.7 Å². The highest BCUT2D eigenvalue weighted by Gasteiger charge is 2.34. The number of imidazole rings is 1. The first-order valence-electron chi connectivity index (χ1n) is 10.2. The summed E-state index contributed by atoms with van der Waals surface area (Å²) in [6.45, 7) is 0. The smallest absolute Gasteiger partial charge is 0.182 e. The number of aromatic nitrogens is 2. The third-order valence-electron chi connectivity index (χ3n) is 6.44. The Morgan fingerprint density at radius 1 is 0.862 bits per heavy atom. The van der Waals surface area contributed by atoms with E-state index in [-0.39, 0.29) is 23.2 Å². The van der Waals surface area contributed by atoms with Gasteiger partial charge in [0.2, 0.25) is 0 Å². The van der Waals surface area contributed by atoms with Crippen LogP contribution >= 0.6 is 0 Å². The van der Waals surface area contributed by atoms with Gasteiger partial charge in [0, 0.05) is 12.0 Å². The molecule has 5 rings (SSSR count). The van der Waals surface area contributed by atoms with Gasteiger partial charge in [0.15, 0.2) is 17.4 Å². The Bertz CT molecular complexity index is 1090. The summed E-state index contributed by atoms with van der Waals surface area (Å²) in [5, 5.41) is 0. The topological polar surface area (TPSA) is 34.4 Å². The zero-order valence-electron chi connectivity index (χ0n) is 15.9. The maximum Gasteiger partial charge on any atom is 0.182 e. The second kappa shape index (κ2) is 7.01. The maximum absolute atomic E-state index is 14.1. The van der Waals surface area contributed by atoms with Crippen LogP contribution in [-0.4, -0.2) is 15.2 Å². The second-order valence-electron chi connectivity index (χ2n) is 8.30. The Labute approximate surface area is 166 Å². The van der Waals surface area contributed by atoms with Crippen molar-refractivity contribution in [2.45, 2.75) is 50.4 Å². The minimum Gasteiger partial charge on any atom is -0.296 e. The molecule has 2 heterocycles. The molecule has 3 nitrogen and oxygen atoms in total. The fraction of sp³-hybridized carbons (Fsp3) is 0.391. The molecule has 0 saturated heterocycles. The lowest BCUT2D eigenvalue weighted by Crippen LogP contribution is -2.24. The number of ketones is 1. The van der Waals surface area contributed by atoms with Gasteiger partial charge in [-0.05, 0) is 73.6 Å². The number of rotatable bonds is 4. The summed E-state index contributed by atoms with van der Waals surface area (Å²) in [7, 11) is 0. The molecule has 0 bridgehead atoms. The van der Waals surface area contributed by atoms with Crippen LogP contribution < -0.4 is 0 Å². The first-order valence-corrected chi connectivity index (χ1v) is 10.2. The third-order valence-corrected chi connectivity index (χ3v) is 6.44. The molecule has 2 aliphatic carbocycles. The Hall–Kier alpha value is -2.63. The SMILES string of the molecule is O=C(c1c(C2CC2)ccc2cncn12)C1CCC(c2cc(F)c(F)cc2F)CC1. The Kier molecular flexibility index (Phi) is 4.45. The van der Waals surface area contributed by atoms with Crippen LogP contribution in [0.2, 0.25) is 0 Å². The maximum atomic E-state index is 14.1. The predicted octanol–water partition coefficient (Wildman–Crippen LogP) is 5.79. The number of hydrogen-bond donors (Lipinski definition) is 0.